The van der Waals surface area contributed by atoms with Crippen molar-refractivity contribution < 1.29 is 9.59 Å². The van der Waals surface area contributed by atoms with Crippen molar-refractivity contribution in [3.05, 3.63) is 35.9 Å². The van der Waals surface area contributed by atoms with Crippen molar-refractivity contribution in [1.82, 2.24) is 10.6 Å². The molecular formula is C16H23N3O2. The summed E-state index contributed by atoms with van der Waals surface area (Å²) in [4.78, 5) is 23.0. The summed E-state index contributed by atoms with van der Waals surface area (Å²) in [7, 11) is 0. The van der Waals surface area contributed by atoms with E-state index in [1.165, 1.54) is 5.56 Å². The Morgan fingerprint density at radius 2 is 2.05 bits per heavy atom. The number of rotatable bonds is 4. The molecule has 2 rings (SSSR count). The Bertz CT molecular complexity index is 500. The van der Waals surface area contributed by atoms with E-state index >= 15 is 0 Å². The zero-order chi connectivity index (χ0) is 15.3. The quantitative estimate of drug-likeness (QED) is 0.791. The first-order chi connectivity index (χ1) is 10.1. The van der Waals surface area contributed by atoms with E-state index < -0.39 is 6.03 Å². The summed E-state index contributed by atoms with van der Waals surface area (Å²) in [5.74, 6) is -0.453. The zero-order valence-corrected chi connectivity index (χ0v) is 12.4. The van der Waals surface area contributed by atoms with E-state index in [4.69, 9.17) is 5.73 Å². The summed E-state index contributed by atoms with van der Waals surface area (Å²) in [6.45, 7) is 2.90. The molecule has 0 spiro atoms. The summed E-state index contributed by atoms with van der Waals surface area (Å²) >= 11 is 0. The molecular weight excluding hydrogens is 266 g/mol. The number of carbonyl (C=O) groups excluding carboxylic acids is 2. The highest BCUT2D eigenvalue weighted by Crippen LogP contribution is 2.40. The fourth-order valence-electron chi connectivity index (χ4n) is 3.34. The van der Waals surface area contributed by atoms with E-state index in [1.54, 1.807) is 0 Å². The monoisotopic (exact) mass is 289 g/mol. The molecule has 1 unspecified atom stereocenters. The van der Waals surface area contributed by atoms with Crippen molar-refractivity contribution in [3.8, 4) is 0 Å². The molecule has 5 nitrogen and oxygen atoms in total. The predicted octanol–water partition coefficient (Wildman–Crippen LogP) is 1.88. The Morgan fingerprint density at radius 1 is 1.33 bits per heavy atom. The fraction of sp³-hybridized carbons (Fsp3) is 0.500. The van der Waals surface area contributed by atoms with Gasteiger partial charge in [-0.2, -0.15) is 0 Å². The van der Waals surface area contributed by atoms with E-state index in [0.717, 1.165) is 25.8 Å². The number of hydrogen-bond donors (Lipinski definition) is 3. The van der Waals surface area contributed by atoms with Gasteiger partial charge in [-0.15, -0.1) is 0 Å². The van der Waals surface area contributed by atoms with Crippen LogP contribution in [0.15, 0.2) is 30.3 Å². The molecule has 1 aromatic rings. The van der Waals surface area contributed by atoms with Gasteiger partial charge in [0, 0.05) is 11.5 Å². The number of hydrogen-bond acceptors (Lipinski definition) is 3. The van der Waals surface area contributed by atoms with Crippen LogP contribution in [0.4, 0.5) is 4.79 Å². The van der Waals surface area contributed by atoms with Crippen LogP contribution in [-0.2, 0) is 10.3 Å². The first-order valence-corrected chi connectivity index (χ1v) is 7.48. The SMILES string of the molecule is CCN[C@]1(c2ccccc2)CCCC(C(=O)NC(N)=O)C1. The van der Waals surface area contributed by atoms with Crippen molar-refractivity contribution in [2.24, 2.45) is 11.7 Å². The molecule has 1 aromatic carbocycles. The predicted molar refractivity (Wildman–Crippen MR) is 81.5 cm³/mol. The molecule has 0 bridgehead atoms. The van der Waals surface area contributed by atoms with Gasteiger partial charge in [0.1, 0.15) is 0 Å². The third kappa shape index (κ3) is 3.61. The Balaban J connectivity index is 2.22. The van der Waals surface area contributed by atoms with Gasteiger partial charge in [0.25, 0.3) is 0 Å². The van der Waals surface area contributed by atoms with Crippen LogP contribution in [0.25, 0.3) is 0 Å². The lowest BCUT2D eigenvalue weighted by Crippen LogP contribution is -2.49. The van der Waals surface area contributed by atoms with Crippen molar-refractivity contribution in [3.63, 3.8) is 0 Å². The highest BCUT2D eigenvalue weighted by molar-refractivity contribution is 5.94. The van der Waals surface area contributed by atoms with E-state index in [1.807, 2.05) is 18.2 Å². The van der Waals surface area contributed by atoms with Gasteiger partial charge in [-0.25, -0.2) is 4.79 Å². The van der Waals surface area contributed by atoms with Gasteiger partial charge in [-0.1, -0.05) is 43.7 Å². The Kier molecular flexibility index (Phi) is 4.96. The van der Waals surface area contributed by atoms with Gasteiger partial charge >= 0.3 is 6.03 Å². The van der Waals surface area contributed by atoms with Crippen LogP contribution >= 0.6 is 0 Å². The second kappa shape index (κ2) is 6.72. The molecule has 5 heteroatoms. The molecule has 1 aliphatic carbocycles. The van der Waals surface area contributed by atoms with Crippen LogP contribution < -0.4 is 16.4 Å². The highest BCUT2D eigenvalue weighted by atomic mass is 16.2. The van der Waals surface area contributed by atoms with Crippen LogP contribution in [0.2, 0.25) is 0 Å². The molecule has 1 fully saturated rings. The highest BCUT2D eigenvalue weighted by Gasteiger charge is 2.39. The van der Waals surface area contributed by atoms with Crippen molar-refractivity contribution in [2.45, 2.75) is 38.1 Å². The summed E-state index contributed by atoms with van der Waals surface area (Å²) in [6.07, 6.45) is 3.41. The van der Waals surface area contributed by atoms with E-state index in [9.17, 15) is 9.59 Å². The molecule has 3 amide bonds. The minimum Gasteiger partial charge on any atom is -0.351 e. The Labute approximate surface area is 125 Å². The largest absolute Gasteiger partial charge is 0.351 e. The summed E-state index contributed by atoms with van der Waals surface area (Å²) in [5.41, 5.74) is 6.05. The number of carbonyl (C=O) groups is 2. The number of nitrogens with one attached hydrogen (secondary N) is 2. The number of amides is 3. The number of benzene rings is 1. The van der Waals surface area contributed by atoms with Crippen molar-refractivity contribution in [1.29, 1.82) is 0 Å². The van der Waals surface area contributed by atoms with Crippen LogP contribution in [0.3, 0.4) is 0 Å². The molecule has 1 saturated carbocycles. The van der Waals surface area contributed by atoms with E-state index in [0.29, 0.717) is 6.42 Å². The molecule has 0 radical (unpaired) electrons. The van der Waals surface area contributed by atoms with Crippen LogP contribution in [0.1, 0.15) is 38.2 Å². The van der Waals surface area contributed by atoms with Gasteiger partial charge in [0.2, 0.25) is 5.91 Å². The molecule has 114 valence electrons. The first-order valence-electron chi connectivity index (χ1n) is 7.48. The van der Waals surface area contributed by atoms with Crippen LogP contribution in [0, 0.1) is 5.92 Å². The number of nitrogens with two attached hydrogens (primary N) is 1. The van der Waals surface area contributed by atoms with Gasteiger partial charge in [0.15, 0.2) is 0 Å². The molecule has 0 aliphatic heterocycles. The lowest BCUT2D eigenvalue weighted by Gasteiger charge is -2.41. The Hall–Kier alpha value is -1.88. The number of urea groups is 1. The maximum absolute atomic E-state index is 12.1. The van der Waals surface area contributed by atoms with E-state index in [2.05, 4.69) is 29.7 Å². The minimum atomic E-state index is -0.778. The third-order valence-corrected chi connectivity index (χ3v) is 4.21. The Morgan fingerprint density at radius 3 is 2.67 bits per heavy atom. The normalized spacial score (nSPS) is 25.3. The summed E-state index contributed by atoms with van der Waals surface area (Å²) in [5, 5.41) is 5.77. The van der Waals surface area contributed by atoms with Gasteiger partial charge < -0.3 is 11.1 Å². The van der Waals surface area contributed by atoms with Crippen LogP contribution in [-0.4, -0.2) is 18.5 Å². The molecule has 2 atom stereocenters. The second-order valence-electron chi connectivity index (χ2n) is 5.63. The molecule has 0 saturated heterocycles. The first kappa shape index (κ1) is 15.5. The molecule has 0 heterocycles. The molecule has 4 N–H and O–H groups in total. The zero-order valence-electron chi connectivity index (χ0n) is 12.4. The van der Waals surface area contributed by atoms with Crippen molar-refractivity contribution in [2.75, 3.05) is 6.54 Å². The van der Waals surface area contributed by atoms with E-state index in [-0.39, 0.29) is 17.4 Å². The van der Waals surface area contributed by atoms with Crippen molar-refractivity contribution >= 4 is 11.9 Å². The minimum absolute atomic E-state index is 0.189. The molecule has 21 heavy (non-hydrogen) atoms. The maximum atomic E-state index is 12.1. The molecule has 1 aliphatic rings. The second-order valence-corrected chi connectivity index (χ2v) is 5.63. The summed E-state index contributed by atoms with van der Waals surface area (Å²) < 4.78 is 0. The van der Waals surface area contributed by atoms with Gasteiger partial charge in [-0.3, -0.25) is 10.1 Å². The molecule has 0 aromatic heterocycles. The fourth-order valence-corrected chi connectivity index (χ4v) is 3.34. The number of primary amides is 1. The topological polar surface area (TPSA) is 84.2 Å². The third-order valence-electron chi connectivity index (χ3n) is 4.21. The maximum Gasteiger partial charge on any atom is 0.318 e. The number of imide groups is 1. The average Bonchev–Trinajstić information content (AvgIpc) is 2.48. The smallest absolute Gasteiger partial charge is 0.318 e. The standard InChI is InChI=1S/C16H23N3O2/c1-2-18-16(13-8-4-3-5-9-13)10-6-7-12(11-16)14(20)19-15(17)21/h3-5,8-9,12,18H,2,6-7,10-11H2,1H3,(H3,17,19,20,21)/t12?,16-/m1/s1. The van der Waals surface area contributed by atoms with Crippen LogP contribution in [0.5, 0.6) is 0 Å². The lowest BCUT2D eigenvalue weighted by atomic mass is 9.71. The van der Waals surface area contributed by atoms with Gasteiger partial charge in [-0.05, 0) is 31.4 Å². The summed E-state index contributed by atoms with van der Waals surface area (Å²) in [6, 6.07) is 9.43. The average molecular weight is 289 g/mol. The lowest BCUT2D eigenvalue weighted by molar-refractivity contribution is -0.125. The van der Waals surface area contributed by atoms with Gasteiger partial charge in [0.05, 0.1) is 0 Å².